The zero-order chi connectivity index (χ0) is 27.3. The number of imidazole rings is 1. The molecule has 7 rings (SSSR count). The van der Waals surface area contributed by atoms with E-state index in [4.69, 9.17) is 0 Å². The van der Waals surface area contributed by atoms with Crippen molar-refractivity contribution in [2.75, 3.05) is 13.1 Å². The molecule has 3 unspecified atom stereocenters. The van der Waals surface area contributed by atoms with Crippen molar-refractivity contribution in [3.8, 4) is 0 Å². The van der Waals surface area contributed by atoms with Gasteiger partial charge in [0.25, 0.3) is 11.8 Å². The summed E-state index contributed by atoms with van der Waals surface area (Å²) in [5, 5.41) is 3.98. The highest BCUT2D eigenvalue weighted by atomic mass is 16.2. The number of nitrogens with one attached hydrogen (secondary N) is 3. The normalized spacial score (nSPS) is 24.3. The molecule has 9 nitrogen and oxygen atoms in total. The van der Waals surface area contributed by atoms with Crippen LogP contribution in [0, 0.1) is 17.8 Å². The third-order valence-corrected chi connectivity index (χ3v) is 8.87. The Labute approximate surface area is 226 Å². The first-order valence-corrected chi connectivity index (χ1v) is 13.5. The third kappa shape index (κ3) is 3.59. The monoisotopic (exact) mass is 524 g/mol. The molecule has 39 heavy (non-hydrogen) atoms. The minimum absolute atomic E-state index is 0.0274. The van der Waals surface area contributed by atoms with Gasteiger partial charge in [-0.05, 0) is 48.6 Å². The number of rotatable bonds is 4. The second-order valence-corrected chi connectivity index (χ2v) is 12.5. The maximum absolute atomic E-state index is 14.0. The van der Waals surface area contributed by atoms with Gasteiger partial charge in [0.15, 0.2) is 5.82 Å². The van der Waals surface area contributed by atoms with Gasteiger partial charge >= 0.3 is 0 Å². The van der Waals surface area contributed by atoms with E-state index in [-0.39, 0.29) is 35.2 Å². The minimum Gasteiger partial charge on any atom is -0.351 e. The Bertz CT molecular complexity index is 1650. The Kier molecular flexibility index (Phi) is 4.87. The van der Waals surface area contributed by atoms with Gasteiger partial charge in [0, 0.05) is 35.4 Å². The van der Waals surface area contributed by atoms with Gasteiger partial charge in [-0.15, -0.1) is 0 Å². The molecule has 4 atom stereocenters. The number of hydrogen-bond donors (Lipinski definition) is 3. The SMILES string of the molecule is Cc1ccc2cc(C(=O)N[C@H](C(=O)N3CC4N(C(=O)c5nc6ccccc6[nH]5)CC45CC35)C(C)(C)C)[nH]c2c1. The average Bonchev–Trinajstić information content (AvgIpc) is 3.18. The van der Waals surface area contributed by atoms with E-state index in [1.165, 1.54) is 0 Å². The lowest BCUT2D eigenvalue weighted by atomic mass is 9.85. The number of piperidine rings is 1. The molecular formula is C30H32N6O3. The summed E-state index contributed by atoms with van der Waals surface area (Å²) >= 11 is 0. The zero-order valence-electron chi connectivity index (χ0n) is 22.5. The van der Waals surface area contributed by atoms with E-state index in [0.29, 0.717) is 24.6 Å². The van der Waals surface area contributed by atoms with E-state index in [2.05, 4.69) is 20.3 Å². The lowest BCUT2D eigenvalue weighted by molar-refractivity contribution is -0.135. The number of benzene rings is 2. The van der Waals surface area contributed by atoms with Crippen LogP contribution in [0.2, 0.25) is 0 Å². The second-order valence-electron chi connectivity index (χ2n) is 12.5. The summed E-state index contributed by atoms with van der Waals surface area (Å²) in [6.07, 6.45) is 0.888. The van der Waals surface area contributed by atoms with Crippen LogP contribution in [0.5, 0.6) is 0 Å². The lowest BCUT2D eigenvalue weighted by Crippen LogP contribution is -2.61. The first-order valence-electron chi connectivity index (χ1n) is 13.5. The van der Waals surface area contributed by atoms with Crippen molar-refractivity contribution in [1.29, 1.82) is 0 Å². The minimum atomic E-state index is -0.701. The van der Waals surface area contributed by atoms with Crippen LogP contribution in [0.3, 0.4) is 0 Å². The number of likely N-dealkylation sites (tertiary alicyclic amines) is 2. The molecule has 2 saturated heterocycles. The molecule has 200 valence electrons. The molecule has 9 heteroatoms. The van der Waals surface area contributed by atoms with Crippen molar-refractivity contribution >= 4 is 39.7 Å². The highest BCUT2D eigenvalue weighted by Crippen LogP contribution is 2.65. The van der Waals surface area contributed by atoms with E-state index >= 15 is 0 Å². The summed E-state index contributed by atoms with van der Waals surface area (Å²) in [5.41, 5.74) is 3.50. The Morgan fingerprint density at radius 2 is 1.82 bits per heavy atom. The molecule has 2 aromatic heterocycles. The molecule has 0 radical (unpaired) electrons. The number of amides is 3. The van der Waals surface area contributed by atoms with Crippen molar-refractivity contribution in [1.82, 2.24) is 30.1 Å². The van der Waals surface area contributed by atoms with Crippen molar-refractivity contribution in [2.45, 2.75) is 52.2 Å². The van der Waals surface area contributed by atoms with Crippen LogP contribution >= 0.6 is 0 Å². The van der Waals surface area contributed by atoms with Gasteiger partial charge in [0.05, 0.1) is 17.1 Å². The third-order valence-electron chi connectivity index (χ3n) is 8.87. The molecule has 1 spiro atoms. The molecule has 1 saturated carbocycles. The van der Waals surface area contributed by atoms with Crippen LogP contribution in [0.1, 0.15) is 53.9 Å². The van der Waals surface area contributed by atoms with Gasteiger partial charge < -0.3 is 25.1 Å². The predicted molar refractivity (Wildman–Crippen MR) is 147 cm³/mol. The molecule has 3 fully saturated rings. The molecule has 0 bridgehead atoms. The maximum Gasteiger partial charge on any atom is 0.290 e. The van der Waals surface area contributed by atoms with Crippen LogP contribution in [0.15, 0.2) is 48.5 Å². The quantitative estimate of drug-likeness (QED) is 0.378. The first-order chi connectivity index (χ1) is 18.5. The number of hydrogen-bond acceptors (Lipinski definition) is 4. The number of aromatic nitrogens is 3. The highest BCUT2D eigenvalue weighted by molar-refractivity contribution is 6.01. The van der Waals surface area contributed by atoms with Gasteiger partial charge in [-0.25, -0.2) is 4.98 Å². The van der Waals surface area contributed by atoms with E-state index in [9.17, 15) is 14.4 Å². The summed E-state index contributed by atoms with van der Waals surface area (Å²) in [7, 11) is 0. The summed E-state index contributed by atoms with van der Waals surface area (Å²) in [6.45, 7) is 9.01. The van der Waals surface area contributed by atoms with Crippen LogP contribution in [-0.4, -0.2) is 73.7 Å². The molecule has 3 aliphatic rings. The highest BCUT2D eigenvalue weighted by Gasteiger charge is 2.76. The largest absolute Gasteiger partial charge is 0.351 e. The number of H-pyrrole nitrogens is 2. The fraction of sp³-hybridized carbons (Fsp3) is 0.400. The topological polar surface area (TPSA) is 114 Å². The number of aromatic amines is 2. The Balaban J connectivity index is 1.09. The van der Waals surface area contributed by atoms with E-state index in [1.807, 2.05) is 86.0 Å². The summed E-state index contributed by atoms with van der Waals surface area (Å²) in [5.74, 6) is -0.181. The molecule has 1 aliphatic carbocycles. The molecule has 4 aromatic rings. The van der Waals surface area contributed by atoms with Crippen molar-refractivity contribution in [3.05, 3.63) is 65.6 Å². The Morgan fingerprint density at radius 3 is 2.59 bits per heavy atom. The molecule has 2 aliphatic heterocycles. The number of carbonyl (C=O) groups excluding carboxylic acids is 3. The molecular weight excluding hydrogens is 492 g/mol. The lowest BCUT2D eigenvalue weighted by Gasteiger charge is -2.46. The average molecular weight is 525 g/mol. The van der Waals surface area contributed by atoms with E-state index < -0.39 is 11.5 Å². The van der Waals surface area contributed by atoms with Crippen molar-refractivity contribution in [2.24, 2.45) is 10.8 Å². The van der Waals surface area contributed by atoms with Gasteiger partial charge in [-0.3, -0.25) is 14.4 Å². The van der Waals surface area contributed by atoms with E-state index in [0.717, 1.165) is 33.9 Å². The number of nitrogens with zero attached hydrogens (tertiary/aromatic N) is 3. The first kappa shape index (κ1) is 23.9. The Hall–Kier alpha value is -4.14. The molecule has 3 amide bonds. The smallest absolute Gasteiger partial charge is 0.290 e. The number of aryl methyl sites for hydroxylation is 1. The van der Waals surface area contributed by atoms with Crippen LogP contribution in [0.25, 0.3) is 21.9 Å². The summed E-state index contributed by atoms with van der Waals surface area (Å²) < 4.78 is 0. The van der Waals surface area contributed by atoms with Gasteiger partial charge in [0.2, 0.25) is 5.91 Å². The summed E-state index contributed by atoms with van der Waals surface area (Å²) in [6, 6.07) is 14.8. The molecule has 3 N–H and O–H groups in total. The molecule has 4 heterocycles. The standard InChI is InChI=1S/C30H32N6O3/c1-16-9-10-17-12-21(31-20(17)11-16)26(37)34-24(29(2,3)4)27(38)35-14-23-30(13-22(30)35)15-36(23)28(39)25-32-18-7-5-6-8-19(18)33-25/h5-12,22-24,31H,13-15H2,1-4H3,(H,32,33)(H,34,37)/t22?,23?,24-,30?/m1/s1. The van der Waals surface area contributed by atoms with Crippen LogP contribution in [0.4, 0.5) is 0 Å². The zero-order valence-corrected chi connectivity index (χ0v) is 22.5. The van der Waals surface area contributed by atoms with Crippen molar-refractivity contribution in [3.63, 3.8) is 0 Å². The van der Waals surface area contributed by atoms with Gasteiger partial charge in [-0.2, -0.15) is 0 Å². The predicted octanol–water partition coefficient (Wildman–Crippen LogP) is 3.62. The molecule has 2 aromatic carbocycles. The van der Waals surface area contributed by atoms with Gasteiger partial charge in [-0.1, -0.05) is 45.0 Å². The fourth-order valence-corrected chi connectivity index (χ4v) is 6.61. The van der Waals surface area contributed by atoms with Gasteiger partial charge in [0.1, 0.15) is 11.7 Å². The van der Waals surface area contributed by atoms with Crippen LogP contribution in [-0.2, 0) is 4.79 Å². The van der Waals surface area contributed by atoms with Crippen molar-refractivity contribution < 1.29 is 14.4 Å². The number of fused-ring (bicyclic) bond motifs is 2. The van der Waals surface area contributed by atoms with E-state index in [1.54, 1.807) is 0 Å². The summed E-state index contributed by atoms with van der Waals surface area (Å²) in [4.78, 5) is 55.2. The Morgan fingerprint density at radius 1 is 1.03 bits per heavy atom. The number of carbonyl (C=O) groups is 3. The van der Waals surface area contributed by atoms with Crippen LogP contribution < -0.4 is 5.32 Å². The second kappa shape index (κ2) is 7.94. The number of para-hydroxylation sites is 2. The maximum atomic E-state index is 14.0. The fourth-order valence-electron chi connectivity index (χ4n) is 6.61.